The lowest BCUT2D eigenvalue weighted by molar-refractivity contribution is -0.126. The highest BCUT2D eigenvalue weighted by Crippen LogP contribution is 2.22. The molecule has 0 radical (unpaired) electrons. The van der Waals surface area contributed by atoms with Crippen LogP contribution in [0.5, 0.6) is 5.88 Å². The number of rotatable bonds is 4. The van der Waals surface area contributed by atoms with E-state index in [9.17, 15) is 14.0 Å². The molecule has 2 N–H and O–H groups in total. The standard InChI is InChI=1S/C19H22FN5O3/c1-12-10-16(28-2)22-19(21-12)25-9-3-4-14(11-25)18(27)24-23-17(26)13-5-7-15(20)8-6-13/h5-8,10,14H,3-4,9,11H2,1-2H3,(H,23,26)(H,24,27)/t14-/m1/s1. The Bertz CT molecular complexity index is 859. The van der Waals surface area contributed by atoms with Gasteiger partial charge in [-0.3, -0.25) is 20.4 Å². The van der Waals surface area contributed by atoms with Gasteiger partial charge in [-0.05, 0) is 44.0 Å². The van der Waals surface area contributed by atoms with Crippen LogP contribution in [0.25, 0.3) is 0 Å². The van der Waals surface area contributed by atoms with Crippen molar-refractivity contribution in [2.24, 2.45) is 5.92 Å². The lowest BCUT2D eigenvalue weighted by Gasteiger charge is -2.32. The first-order chi connectivity index (χ1) is 13.5. The molecule has 1 aromatic carbocycles. The minimum atomic E-state index is -0.507. The van der Waals surface area contributed by atoms with E-state index in [1.165, 1.54) is 24.3 Å². The Balaban J connectivity index is 1.59. The molecule has 0 spiro atoms. The highest BCUT2D eigenvalue weighted by Gasteiger charge is 2.28. The zero-order chi connectivity index (χ0) is 20.1. The number of carbonyl (C=O) groups is 2. The molecule has 148 valence electrons. The van der Waals surface area contributed by atoms with E-state index in [0.29, 0.717) is 24.8 Å². The van der Waals surface area contributed by atoms with E-state index in [1.807, 2.05) is 11.8 Å². The first kappa shape index (κ1) is 19.5. The number of methoxy groups -OCH3 is 1. The van der Waals surface area contributed by atoms with Gasteiger partial charge < -0.3 is 9.64 Å². The van der Waals surface area contributed by atoms with Crippen LogP contribution >= 0.6 is 0 Å². The van der Waals surface area contributed by atoms with E-state index in [-0.39, 0.29) is 17.4 Å². The van der Waals surface area contributed by atoms with Crippen LogP contribution in [-0.4, -0.2) is 42.0 Å². The van der Waals surface area contributed by atoms with Crippen molar-refractivity contribution in [2.75, 3.05) is 25.1 Å². The van der Waals surface area contributed by atoms with Crippen molar-refractivity contribution in [3.63, 3.8) is 0 Å². The lowest BCUT2D eigenvalue weighted by atomic mass is 9.98. The molecule has 2 heterocycles. The van der Waals surface area contributed by atoms with Crippen molar-refractivity contribution >= 4 is 17.8 Å². The zero-order valence-corrected chi connectivity index (χ0v) is 15.7. The van der Waals surface area contributed by atoms with E-state index in [0.717, 1.165) is 18.7 Å². The predicted octanol–water partition coefficient (Wildman–Crippen LogP) is 1.61. The Morgan fingerprint density at radius 1 is 1.21 bits per heavy atom. The van der Waals surface area contributed by atoms with Gasteiger partial charge in [-0.15, -0.1) is 0 Å². The maximum absolute atomic E-state index is 12.9. The predicted molar refractivity (Wildman–Crippen MR) is 100 cm³/mol. The van der Waals surface area contributed by atoms with E-state index < -0.39 is 11.7 Å². The minimum Gasteiger partial charge on any atom is -0.481 e. The molecule has 0 bridgehead atoms. The SMILES string of the molecule is COc1cc(C)nc(N2CCC[C@@H](C(=O)NNC(=O)c3ccc(F)cc3)C2)n1. The van der Waals surface area contributed by atoms with Crippen molar-refractivity contribution in [3.05, 3.63) is 47.4 Å². The number of aromatic nitrogens is 2. The van der Waals surface area contributed by atoms with E-state index in [2.05, 4.69) is 20.8 Å². The average Bonchev–Trinajstić information content (AvgIpc) is 2.71. The Hall–Kier alpha value is -3.23. The molecule has 0 unspecified atom stereocenters. The molecule has 0 aliphatic carbocycles. The highest BCUT2D eigenvalue weighted by atomic mass is 19.1. The molecule has 2 amide bonds. The van der Waals surface area contributed by atoms with Crippen LogP contribution in [0, 0.1) is 18.7 Å². The molecule has 8 nitrogen and oxygen atoms in total. The second-order valence-corrected chi connectivity index (χ2v) is 6.59. The number of benzene rings is 1. The van der Waals surface area contributed by atoms with Crippen molar-refractivity contribution in [2.45, 2.75) is 19.8 Å². The maximum atomic E-state index is 12.9. The van der Waals surface area contributed by atoms with E-state index >= 15 is 0 Å². The number of ether oxygens (including phenoxy) is 1. The van der Waals surface area contributed by atoms with E-state index in [4.69, 9.17) is 4.74 Å². The Kier molecular flexibility index (Phi) is 6.03. The number of anilines is 1. The fraction of sp³-hybridized carbons (Fsp3) is 0.368. The fourth-order valence-corrected chi connectivity index (χ4v) is 3.04. The summed E-state index contributed by atoms with van der Waals surface area (Å²) in [4.78, 5) is 35.2. The quantitative estimate of drug-likeness (QED) is 0.774. The van der Waals surface area contributed by atoms with Gasteiger partial charge in [0.25, 0.3) is 5.91 Å². The molecule has 28 heavy (non-hydrogen) atoms. The van der Waals surface area contributed by atoms with Gasteiger partial charge in [-0.1, -0.05) is 0 Å². The second-order valence-electron chi connectivity index (χ2n) is 6.59. The van der Waals surface area contributed by atoms with Gasteiger partial charge in [0, 0.05) is 30.4 Å². The summed E-state index contributed by atoms with van der Waals surface area (Å²) in [5.74, 6) is -0.562. The molecule has 1 aliphatic heterocycles. The Morgan fingerprint density at radius 3 is 2.68 bits per heavy atom. The third-order valence-corrected chi connectivity index (χ3v) is 4.51. The summed E-state index contributed by atoms with van der Waals surface area (Å²) in [6.45, 7) is 3.02. The number of piperidine rings is 1. The monoisotopic (exact) mass is 387 g/mol. The highest BCUT2D eigenvalue weighted by molar-refractivity contribution is 5.95. The molecule has 1 atom stereocenters. The summed E-state index contributed by atoms with van der Waals surface area (Å²) in [6.07, 6.45) is 1.49. The van der Waals surface area contributed by atoms with Crippen molar-refractivity contribution in [1.82, 2.24) is 20.8 Å². The van der Waals surface area contributed by atoms with Crippen LogP contribution in [0.4, 0.5) is 10.3 Å². The van der Waals surface area contributed by atoms with Crippen molar-refractivity contribution < 1.29 is 18.7 Å². The molecule has 1 saturated heterocycles. The number of aryl methyl sites for hydroxylation is 1. The molecule has 2 aromatic rings. The average molecular weight is 387 g/mol. The van der Waals surface area contributed by atoms with Crippen LogP contribution in [0.1, 0.15) is 28.9 Å². The molecule has 1 fully saturated rings. The van der Waals surface area contributed by atoms with Crippen LogP contribution in [0.2, 0.25) is 0 Å². The maximum Gasteiger partial charge on any atom is 0.269 e. The number of carbonyl (C=O) groups excluding carboxylic acids is 2. The normalized spacial score (nSPS) is 16.4. The summed E-state index contributed by atoms with van der Waals surface area (Å²) in [7, 11) is 1.54. The third-order valence-electron chi connectivity index (χ3n) is 4.51. The molecular formula is C19H22FN5O3. The molecular weight excluding hydrogens is 365 g/mol. The Labute approximate surface area is 162 Å². The molecule has 1 aliphatic rings. The van der Waals surface area contributed by atoms with Gasteiger partial charge in [0.05, 0.1) is 13.0 Å². The number of nitrogens with one attached hydrogen (secondary N) is 2. The number of nitrogens with zero attached hydrogens (tertiary/aromatic N) is 3. The van der Waals surface area contributed by atoms with E-state index in [1.54, 1.807) is 13.2 Å². The third kappa shape index (κ3) is 4.73. The van der Waals surface area contributed by atoms with Gasteiger partial charge >= 0.3 is 0 Å². The molecule has 3 rings (SSSR count). The molecule has 1 aromatic heterocycles. The summed E-state index contributed by atoms with van der Waals surface area (Å²) in [5, 5.41) is 0. The van der Waals surface area contributed by atoms with Crippen LogP contribution in [0.15, 0.2) is 30.3 Å². The molecule has 9 heteroatoms. The van der Waals surface area contributed by atoms with Gasteiger partial charge in [0.2, 0.25) is 17.7 Å². The van der Waals surface area contributed by atoms with Crippen LogP contribution in [0.3, 0.4) is 0 Å². The van der Waals surface area contributed by atoms with Crippen molar-refractivity contribution in [1.29, 1.82) is 0 Å². The second kappa shape index (κ2) is 8.64. The fourth-order valence-electron chi connectivity index (χ4n) is 3.04. The van der Waals surface area contributed by atoms with Crippen molar-refractivity contribution in [3.8, 4) is 5.88 Å². The lowest BCUT2D eigenvalue weighted by Crippen LogP contribution is -2.49. The summed E-state index contributed by atoms with van der Waals surface area (Å²) in [6, 6.07) is 6.81. The number of hydrogen-bond donors (Lipinski definition) is 2. The summed E-state index contributed by atoms with van der Waals surface area (Å²) < 4.78 is 18.1. The Morgan fingerprint density at radius 2 is 1.96 bits per heavy atom. The van der Waals surface area contributed by atoms with Gasteiger partial charge in [-0.25, -0.2) is 9.37 Å². The molecule has 0 saturated carbocycles. The number of hydrazine groups is 1. The summed E-state index contributed by atoms with van der Waals surface area (Å²) >= 11 is 0. The van der Waals surface area contributed by atoms with Crippen LogP contribution < -0.4 is 20.5 Å². The first-order valence-corrected chi connectivity index (χ1v) is 8.96. The van der Waals surface area contributed by atoms with Gasteiger partial charge in [0.1, 0.15) is 5.82 Å². The zero-order valence-electron chi connectivity index (χ0n) is 15.7. The summed E-state index contributed by atoms with van der Waals surface area (Å²) in [5.41, 5.74) is 5.85. The minimum absolute atomic E-state index is 0.257. The smallest absolute Gasteiger partial charge is 0.269 e. The number of halogens is 1. The van der Waals surface area contributed by atoms with Gasteiger partial charge in [0.15, 0.2) is 0 Å². The number of amides is 2. The van der Waals surface area contributed by atoms with Crippen LogP contribution in [-0.2, 0) is 4.79 Å². The topological polar surface area (TPSA) is 96.5 Å². The van der Waals surface area contributed by atoms with Gasteiger partial charge in [-0.2, -0.15) is 4.98 Å². The largest absolute Gasteiger partial charge is 0.481 e. The first-order valence-electron chi connectivity index (χ1n) is 8.96. The number of hydrogen-bond acceptors (Lipinski definition) is 6.